The van der Waals surface area contributed by atoms with Gasteiger partial charge >= 0.3 is 5.97 Å². The van der Waals surface area contributed by atoms with Gasteiger partial charge in [0.15, 0.2) is 0 Å². The highest BCUT2D eigenvalue weighted by Gasteiger charge is 2.07. The molecule has 0 atom stereocenters. The average Bonchev–Trinajstić information content (AvgIpc) is 2.21. The molecule has 15 heavy (non-hydrogen) atoms. The second kappa shape index (κ2) is 5.78. The summed E-state index contributed by atoms with van der Waals surface area (Å²) in [7, 11) is 3.26. The molecule has 0 aliphatic heterocycles. The zero-order chi connectivity index (χ0) is 11.3. The van der Waals surface area contributed by atoms with Gasteiger partial charge in [-0.2, -0.15) is 0 Å². The number of carbonyl (C=O) groups is 1. The average molecular weight is 225 g/mol. The smallest absolute Gasteiger partial charge is 0.320 e. The lowest BCUT2D eigenvalue weighted by Gasteiger charge is -2.13. The van der Waals surface area contributed by atoms with Crippen LogP contribution >= 0.6 is 11.9 Å². The maximum absolute atomic E-state index is 11.0. The van der Waals surface area contributed by atoms with E-state index in [1.54, 1.807) is 0 Å². The minimum Gasteiger partial charge on any atom is -0.468 e. The Kier molecular flexibility index (Phi) is 4.65. The van der Waals surface area contributed by atoms with E-state index in [0.717, 1.165) is 4.90 Å². The summed E-state index contributed by atoms with van der Waals surface area (Å²) in [6, 6.07) is 8.17. The number of aryl methyl sites for hydroxylation is 1. The van der Waals surface area contributed by atoms with Crippen LogP contribution in [0.5, 0.6) is 0 Å². The zero-order valence-corrected chi connectivity index (χ0v) is 10.0. The quantitative estimate of drug-likeness (QED) is 0.580. The number of ether oxygens (including phenoxy) is 1. The summed E-state index contributed by atoms with van der Waals surface area (Å²) in [5, 5.41) is 0. The van der Waals surface area contributed by atoms with Gasteiger partial charge in [-0.3, -0.25) is 4.79 Å². The van der Waals surface area contributed by atoms with E-state index in [1.807, 2.05) is 42.5 Å². The summed E-state index contributed by atoms with van der Waals surface area (Å²) in [6.07, 6.45) is 0. The highest BCUT2D eigenvalue weighted by molar-refractivity contribution is 7.97. The topological polar surface area (TPSA) is 29.5 Å². The van der Waals surface area contributed by atoms with Gasteiger partial charge in [-0.15, -0.1) is 0 Å². The third-order valence-corrected chi connectivity index (χ3v) is 2.79. The molecule has 0 bridgehead atoms. The van der Waals surface area contributed by atoms with Gasteiger partial charge < -0.3 is 4.74 Å². The van der Waals surface area contributed by atoms with Crippen LogP contribution in [0.15, 0.2) is 29.2 Å². The number of benzene rings is 1. The Morgan fingerprint density at radius 3 is 2.53 bits per heavy atom. The van der Waals surface area contributed by atoms with Crippen molar-refractivity contribution in [2.45, 2.75) is 11.8 Å². The van der Waals surface area contributed by atoms with Crippen LogP contribution in [0.4, 0.5) is 0 Å². The van der Waals surface area contributed by atoms with Gasteiger partial charge in [0.1, 0.15) is 6.54 Å². The van der Waals surface area contributed by atoms with Gasteiger partial charge in [0.05, 0.1) is 7.11 Å². The van der Waals surface area contributed by atoms with Gasteiger partial charge in [-0.1, -0.05) is 17.7 Å². The van der Waals surface area contributed by atoms with Gasteiger partial charge in [0.2, 0.25) is 0 Å². The van der Waals surface area contributed by atoms with E-state index in [0.29, 0.717) is 0 Å². The van der Waals surface area contributed by atoms with E-state index in [9.17, 15) is 4.79 Å². The Balaban J connectivity index is 2.47. The number of carbonyl (C=O) groups excluding carboxylic acids is 1. The third kappa shape index (κ3) is 4.36. The molecule has 0 radical (unpaired) electrons. The van der Waals surface area contributed by atoms with E-state index in [2.05, 4.69) is 4.74 Å². The number of hydrogen-bond donors (Lipinski definition) is 0. The number of likely N-dealkylation sites (N-methyl/N-ethyl adjacent to an activating group) is 1. The molecular formula is C11H15NO2S. The van der Waals surface area contributed by atoms with Crippen molar-refractivity contribution in [3.05, 3.63) is 29.8 Å². The number of rotatable bonds is 4. The maximum atomic E-state index is 11.0. The van der Waals surface area contributed by atoms with Crippen LogP contribution in [0.2, 0.25) is 0 Å². The number of hydrogen-bond acceptors (Lipinski definition) is 4. The Labute approximate surface area is 94.5 Å². The second-order valence-electron chi connectivity index (χ2n) is 3.27. The number of nitrogens with zero attached hydrogens (tertiary/aromatic N) is 1. The van der Waals surface area contributed by atoms with Crippen molar-refractivity contribution in [1.29, 1.82) is 0 Å². The van der Waals surface area contributed by atoms with E-state index in [4.69, 9.17) is 0 Å². The predicted octanol–water partition coefficient (Wildman–Crippen LogP) is 2.11. The molecule has 0 aromatic heterocycles. The van der Waals surface area contributed by atoms with Crippen LogP contribution in [-0.4, -0.2) is 31.0 Å². The molecule has 0 saturated carbocycles. The lowest BCUT2D eigenvalue weighted by molar-refractivity contribution is -0.140. The normalized spacial score (nSPS) is 10.4. The molecule has 1 aromatic rings. The van der Waals surface area contributed by atoms with Crippen molar-refractivity contribution < 1.29 is 9.53 Å². The fourth-order valence-corrected chi connectivity index (χ4v) is 1.85. The highest BCUT2D eigenvalue weighted by atomic mass is 32.2. The Morgan fingerprint density at radius 1 is 1.40 bits per heavy atom. The summed E-state index contributed by atoms with van der Waals surface area (Å²) in [5.74, 6) is -0.225. The van der Waals surface area contributed by atoms with Crippen LogP contribution in [-0.2, 0) is 9.53 Å². The molecule has 82 valence electrons. The van der Waals surface area contributed by atoms with Gasteiger partial charge in [0, 0.05) is 4.90 Å². The molecule has 3 nitrogen and oxygen atoms in total. The molecule has 0 saturated heterocycles. The molecule has 0 amide bonds. The van der Waals surface area contributed by atoms with Gasteiger partial charge in [-0.25, -0.2) is 4.31 Å². The highest BCUT2D eigenvalue weighted by Crippen LogP contribution is 2.20. The molecule has 0 N–H and O–H groups in total. The third-order valence-electron chi connectivity index (χ3n) is 1.86. The fraction of sp³-hybridized carbons (Fsp3) is 0.364. The zero-order valence-electron chi connectivity index (χ0n) is 9.19. The fourth-order valence-electron chi connectivity index (χ4n) is 1.06. The standard InChI is InChI=1S/C11H15NO2S/c1-9-4-6-10(7-5-9)15-12(2)8-11(13)14-3/h4-7H,8H2,1-3H3. The van der Waals surface area contributed by atoms with Crippen LogP contribution < -0.4 is 0 Å². The van der Waals surface area contributed by atoms with Crippen molar-refractivity contribution in [3.8, 4) is 0 Å². The van der Waals surface area contributed by atoms with Crippen LogP contribution in [0.3, 0.4) is 0 Å². The first kappa shape index (κ1) is 12.1. The Hall–Kier alpha value is -1.00. The molecule has 0 heterocycles. The maximum Gasteiger partial charge on any atom is 0.320 e. The first-order valence-corrected chi connectivity index (χ1v) is 5.41. The van der Waals surface area contributed by atoms with Crippen molar-refractivity contribution in [1.82, 2.24) is 4.31 Å². The SMILES string of the molecule is COC(=O)CN(C)Sc1ccc(C)cc1. The molecule has 0 unspecified atom stereocenters. The van der Waals surface area contributed by atoms with Crippen molar-refractivity contribution >= 4 is 17.9 Å². The largest absolute Gasteiger partial charge is 0.468 e. The first-order chi connectivity index (χ1) is 7.11. The van der Waals surface area contributed by atoms with E-state index in [-0.39, 0.29) is 12.5 Å². The van der Waals surface area contributed by atoms with E-state index >= 15 is 0 Å². The lowest BCUT2D eigenvalue weighted by Crippen LogP contribution is -2.20. The Bertz CT molecular complexity index is 324. The monoisotopic (exact) mass is 225 g/mol. The molecule has 0 aliphatic carbocycles. The molecule has 0 spiro atoms. The summed E-state index contributed by atoms with van der Waals surface area (Å²) in [4.78, 5) is 12.1. The van der Waals surface area contributed by atoms with Crippen molar-refractivity contribution in [3.63, 3.8) is 0 Å². The van der Waals surface area contributed by atoms with Gasteiger partial charge in [0.25, 0.3) is 0 Å². The molecule has 4 heteroatoms. The van der Waals surface area contributed by atoms with Crippen molar-refractivity contribution in [2.24, 2.45) is 0 Å². The number of esters is 1. The van der Waals surface area contributed by atoms with Crippen LogP contribution in [0.25, 0.3) is 0 Å². The lowest BCUT2D eigenvalue weighted by atomic mass is 10.2. The molecule has 0 aliphatic rings. The Morgan fingerprint density at radius 2 is 2.00 bits per heavy atom. The van der Waals surface area contributed by atoms with Gasteiger partial charge in [-0.05, 0) is 38.1 Å². The second-order valence-corrected chi connectivity index (χ2v) is 4.54. The van der Waals surface area contributed by atoms with E-state index in [1.165, 1.54) is 24.6 Å². The number of methoxy groups -OCH3 is 1. The summed E-state index contributed by atoms with van der Waals surface area (Å²) >= 11 is 1.53. The molecule has 1 rings (SSSR count). The minimum absolute atomic E-state index is 0.225. The van der Waals surface area contributed by atoms with E-state index < -0.39 is 0 Å². The predicted molar refractivity (Wildman–Crippen MR) is 61.7 cm³/mol. The first-order valence-electron chi connectivity index (χ1n) is 4.64. The summed E-state index contributed by atoms with van der Waals surface area (Å²) in [5.41, 5.74) is 1.23. The van der Waals surface area contributed by atoms with Crippen LogP contribution in [0, 0.1) is 6.92 Å². The van der Waals surface area contributed by atoms with Crippen molar-refractivity contribution in [2.75, 3.05) is 20.7 Å². The molecule has 0 fully saturated rings. The van der Waals surface area contributed by atoms with Crippen LogP contribution in [0.1, 0.15) is 5.56 Å². The summed E-state index contributed by atoms with van der Waals surface area (Å²) in [6.45, 7) is 2.33. The minimum atomic E-state index is -0.225. The summed E-state index contributed by atoms with van der Waals surface area (Å²) < 4.78 is 6.43. The molecule has 1 aromatic carbocycles. The molecular weight excluding hydrogens is 210 g/mol.